The molecule has 7 nitrogen and oxygen atoms in total. The van der Waals surface area contributed by atoms with E-state index >= 15 is 0 Å². The SMILES string of the molecule is COC(=O)c1ccc(Oc2ncnc(Oc3ccc(C)c(C)c3)c2N)cc1. The number of aromatic nitrogens is 2. The van der Waals surface area contributed by atoms with Gasteiger partial charge in [0, 0.05) is 0 Å². The van der Waals surface area contributed by atoms with E-state index in [1.807, 2.05) is 32.0 Å². The number of methoxy groups -OCH3 is 1. The highest BCUT2D eigenvalue weighted by Gasteiger charge is 2.13. The van der Waals surface area contributed by atoms with Crippen molar-refractivity contribution in [2.45, 2.75) is 13.8 Å². The molecule has 7 heteroatoms. The average molecular weight is 365 g/mol. The minimum atomic E-state index is -0.424. The lowest BCUT2D eigenvalue weighted by atomic mass is 10.1. The van der Waals surface area contributed by atoms with E-state index in [4.69, 9.17) is 15.2 Å². The average Bonchev–Trinajstić information content (AvgIpc) is 2.68. The Morgan fingerprint density at radius 1 is 0.889 bits per heavy atom. The molecule has 2 aromatic carbocycles. The van der Waals surface area contributed by atoms with Crippen molar-refractivity contribution >= 4 is 11.7 Å². The van der Waals surface area contributed by atoms with Crippen LogP contribution in [0.5, 0.6) is 23.3 Å². The van der Waals surface area contributed by atoms with Gasteiger partial charge in [0.1, 0.15) is 17.8 Å². The summed E-state index contributed by atoms with van der Waals surface area (Å²) in [5.41, 5.74) is 8.95. The number of anilines is 1. The summed E-state index contributed by atoms with van der Waals surface area (Å²) < 4.78 is 16.1. The molecule has 0 saturated carbocycles. The summed E-state index contributed by atoms with van der Waals surface area (Å²) in [6.45, 7) is 4.02. The molecule has 0 spiro atoms. The van der Waals surface area contributed by atoms with Gasteiger partial charge in [0.25, 0.3) is 0 Å². The van der Waals surface area contributed by atoms with E-state index in [9.17, 15) is 4.79 Å². The molecule has 0 aliphatic carbocycles. The lowest BCUT2D eigenvalue weighted by Gasteiger charge is -2.12. The number of nitrogens with zero attached hydrogens (tertiary/aromatic N) is 2. The fraction of sp³-hybridized carbons (Fsp3) is 0.150. The molecule has 0 aliphatic rings. The van der Waals surface area contributed by atoms with Crippen LogP contribution in [0.15, 0.2) is 48.8 Å². The van der Waals surface area contributed by atoms with Crippen LogP contribution in [-0.4, -0.2) is 23.0 Å². The highest BCUT2D eigenvalue weighted by molar-refractivity contribution is 5.89. The molecule has 1 heterocycles. The van der Waals surface area contributed by atoms with Crippen molar-refractivity contribution in [2.75, 3.05) is 12.8 Å². The van der Waals surface area contributed by atoms with Gasteiger partial charge in [-0.1, -0.05) is 6.07 Å². The van der Waals surface area contributed by atoms with Crippen LogP contribution in [0.4, 0.5) is 5.69 Å². The van der Waals surface area contributed by atoms with Gasteiger partial charge in [0.05, 0.1) is 12.7 Å². The molecule has 0 bridgehead atoms. The third-order valence-electron chi connectivity index (χ3n) is 3.99. The Bertz CT molecular complexity index is 971. The van der Waals surface area contributed by atoms with Gasteiger partial charge in [-0.05, 0) is 61.4 Å². The number of benzene rings is 2. The minimum Gasteiger partial charge on any atom is -0.465 e. The number of nitrogen functional groups attached to an aromatic ring is 1. The van der Waals surface area contributed by atoms with Crippen molar-refractivity contribution in [1.29, 1.82) is 0 Å². The maximum Gasteiger partial charge on any atom is 0.337 e. The minimum absolute atomic E-state index is 0.162. The molecule has 2 N–H and O–H groups in total. The van der Waals surface area contributed by atoms with Crippen LogP contribution in [-0.2, 0) is 4.74 Å². The largest absolute Gasteiger partial charge is 0.465 e. The number of ether oxygens (including phenoxy) is 3. The molecule has 0 atom stereocenters. The Hall–Kier alpha value is -3.61. The zero-order valence-corrected chi connectivity index (χ0v) is 15.2. The van der Waals surface area contributed by atoms with E-state index in [0.29, 0.717) is 17.1 Å². The first-order chi connectivity index (χ1) is 13.0. The van der Waals surface area contributed by atoms with Gasteiger partial charge in [0.15, 0.2) is 5.69 Å². The number of nitrogens with two attached hydrogens (primary N) is 1. The summed E-state index contributed by atoms with van der Waals surface area (Å²) in [4.78, 5) is 19.6. The van der Waals surface area contributed by atoms with Crippen molar-refractivity contribution in [1.82, 2.24) is 9.97 Å². The molecule has 0 fully saturated rings. The summed E-state index contributed by atoms with van der Waals surface area (Å²) in [5.74, 6) is 1.03. The van der Waals surface area contributed by atoms with Gasteiger partial charge < -0.3 is 19.9 Å². The first-order valence-corrected chi connectivity index (χ1v) is 8.19. The second kappa shape index (κ2) is 7.74. The van der Waals surface area contributed by atoms with E-state index in [0.717, 1.165) is 11.1 Å². The van der Waals surface area contributed by atoms with E-state index in [1.165, 1.54) is 13.4 Å². The Labute approximate surface area is 156 Å². The fourth-order valence-corrected chi connectivity index (χ4v) is 2.30. The van der Waals surface area contributed by atoms with Crippen LogP contribution in [0.3, 0.4) is 0 Å². The van der Waals surface area contributed by atoms with Crippen LogP contribution in [0.2, 0.25) is 0 Å². The molecule has 138 valence electrons. The first kappa shape index (κ1) is 18.2. The molecular weight excluding hydrogens is 346 g/mol. The number of carbonyl (C=O) groups excluding carboxylic acids is 1. The van der Waals surface area contributed by atoms with Crippen molar-refractivity contribution in [3.63, 3.8) is 0 Å². The van der Waals surface area contributed by atoms with Crippen LogP contribution in [0.25, 0.3) is 0 Å². The number of hydrogen-bond donors (Lipinski definition) is 1. The number of rotatable bonds is 5. The quantitative estimate of drug-likeness (QED) is 0.681. The van der Waals surface area contributed by atoms with Crippen LogP contribution in [0.1, 0.15) is 21.5 Å². The number of carbonyl (C=O) groups is 1. The molecular formula is C20H19N3O4. The lowest BCUT2D eigenvalue weighted by molar-refractivity contribution is 0.0600. The van der Waals surface area contributed by atoms with Crippen molar-refractivity contribution in [3.05, 3.63) is 65.5 Å². The van der Waals surface area contributed by atoms with E-state index in [2.05, 4.69) is 14.7 Å². The molecule has 1 aromatic heterocycles. The second-order valence-corrected chi connectivity index (χ2v) is 5.86. The third kappa shape index (κ3) is 4.14. The lowest BCUT2D eigenvalue weighted by Crippen LogP contribution is -2.02. The summed E-state index contributed by atoms with van der Waals surface area (Å²) >= 11 is 0. The third-order valence-corrected chi connectivity index (χ3v) is 3.99. The van der Waals surface area contributed by atoms with Crippen molar-refractivity contribution in [3.8, 4) is 23.3 Å². The number of esters is 1. The van der Waals surface area contributed by atoms with Gasteiger partial charge in [-0.3, -0.25) is 0 Å². The van der Waals surface area contributed by atoms with E-state index < -0.39 is 5.97 Å². The van der Waals surface area contributed by atoms with Gasteiger partial charge in [-0.15, -0.1) is 0 Å². The zero-order chi connectivity index (χ0) is 19.4. The summed E-state index contributed by atoms with van der Waals surface area (Å²) in [7, 11) is 1.32. The monoisotopic (exact) mass is 365 g/mol. The highest BCUT2D eigenvalue weighted by Crippen LogP contribution is 2.33. The van der Waals surface area contributed by atoms with Crippen LogP contribution in [0, 0.1) is 13.8 Å². The molecule has 3 aromatic rings. The van der Waals surface area contributed by atoms with E-state index in [-0.39, 0.29) is 17.4 Å². The van der Waals surface area contributed by atoms with Crippen LogP contribution >= 0.6 is 0 Å². The topological polar surface area (TPSA) is 96.6 Å². The highest BCUT2D eigenvalue weighted by atomic mass is 16.5. The molecule has 0 amide bonds. The maximum atomic E-state index is 11.5. The molecule has 0 unspecified atom stereocenters. The maximum absolute atomic E-state index is 11.5. The predicted octanol–water partition coefficient (Wildman–Crippen LogP) is 4.05. The zero-order valence-electron chi connectivity index (χ0n) is 15.2. The Balaban J connectivity index is 1.80. The summed E-state index contributed by atoms with van der Waals surface area (Å²) in [6.07, 6.45) is 1.31. The van der Waals surface area contributed by atoms with E-state index in [1.54, 1.807) is 24.3 Å². The van der Waals surface area contributed by atoms with Gasteiger partial charge in [-0.25, -0.2) is 4.79 Å². The smallest absolute Gasteiger partial charge is 0.337 e. The Morgan fingerprint density at radius 3 is 2.07 bits per heavy atom. The van der Waals surface area contributed by atoms with Gasteiger partial charge >= 0.3 is 5.97 Å². The van der Waals surface area contributed by atoms with Crippen molar-refractivity contribution in [2.24, 2.45) is 0 Å². The Morgan fingerprint density at radius 2 is 1.48 bits per heavy atom. The first-order valence-electron chi connectivity index (χ1n) is 8.19. The molecule has 3 rings (SSSR count). The Kier molecular flexibility index (Phi) is 5.21. The standard InChI is InChI=1S/C20H19N3O4/c1-12-4-7-16(10-13(12)2)27-19-17(21)18(22-11-23-19)26-15-8-5-14(6-9-15)20(24)25-3/h4-11H,21H2,1-3H3. The van der Waals surface area contributed by atoms with Crippen LogP contribution < -0.4 is 15.2 Å². The summed E-state index contributed by atoms with van der Waals surface area (Å²) in [5, 5.41) is 0. The second-order valence-electron chi connectivity index (χ2n) is 5.86. The predicted molar refractivity (Wildman–Crippen MR) is 100 cm³/mol. The molecule has 0 saturated heterocycles. The summed E-state index contributed by atoms with van der Waals surface area (Å²) in [6, 6.07) is 12.1. The van der Waals surface area contributed by atoms with Gasteiger partial charge in [0.2, 0.25) is 11.8 Å². The van der Waals surface area contributed by atoms with Gasteiger partial charge in [-0.2, -0.15) is 9.97 Å². The fourth-order valence-electron chi connectivity index (χ4n) is 2.30. The molecule has 0 radical (unpaired) electrons. The normalized spacial score (nSPS) is 10.3. The number of aryl methyl sites for hydroxylation is 2. The molecule has 0 aliphatic heterocycles. The number of hydrogen-bond acceptors (Lipinski definition) is 7. The van der Waals surface area contributed by atoms with Crippen molar-refractivity contribution < 1.29 is 19.0 Å². The molecule has 27 heavy (non-hydrogen) atoms.